The van der Waals surface area contributed by atoms with Gasteiger partial charge in [0, 0.05) is 38.0 Å². The van der Waals surface area contributed by atoms with E-state index >= 15 is 0 Å². The van der Waals surface area contributed by atoms with Crippen molar-refractivity contribution >= 4 is 29.6 Å². The van der Waals surface area contributed by atoms with Crippen molar-refractivity contribution in [1.29, 1.82) is 0 Å². The Morgan fingerprint density at radius 1 is 0.946 bits per heavy atom. The molecule has 5 N–H and O–H groups in total. The maximum atomic E-state index is 13.1. The van der Waals surface area contributed by atoms with E-state index in [1.54, 1.807) is 0 Å². The van der Waals surface area contributed by atoms with E-state index in [9.17, 15) is 24.0 Å². The molecule has 0 aliphatic carbocycles. The maximum Gasteiger partial charge on any atom is 0.303 e. The number of likely N-dealkylation sites (N-methyl/N-ethyl adjacent to an activating group) is 1. The van der Waals surface area contributed by atoms with Gasteiger partial charge in [-0.2, -0.15) is 0 Å². The number of likely N-dealkylation sites (tertiary alicyclic amines) is 1. The number of nitrogens with zero attached hydrogens (tertiary/aromatic N) is 1. The molecule has 5 atom stereocenters. The number of carboxylic acids is 1. The highest BCUT2D eigenvalue weighted by Crippen LogP contribution is 2.21. The third kappa shape index (κ3) is 11.5. The molecule has 1 aliphatic rings. The molecule has 0 aromatic rings. The monoisotopic (exact) mass is 525 g/mol. The number of hydrogen-bond acceptors (Lipinski definition) is 6. The van der Waals surface area contributed by atoms with Crippen molar-refractivity contribution in [2.75, 3.05) is 13.1 Å². The van der Waals surface area contributed by atoms with Gasteiger partial charge >= 0.3 is 5.97 Å². The van der Waals surface area contributed by atoms with Gasteiger partial charge in [-0.15, -0.1) is 0 Å². The van der Waals surface area contributed by atoms with E-state index in [4.69, 9.17) is 5.11 Å². The van der Waals surface area contributed by atoms with E-state index in [1.165, 1.54) is 0 Å². The second kappa shape index (κ2) is 16.2. The van der Waals surface area contributed by atoms with Crippen LogP contribution < -0.4 is 21.3 Å². The fourth-order valence-corrected chi connectivity index (χ4v) is 4.67. The number of carbonyl (C=O) groups excluding carboxylic acids is 4. The number of rotatable bonds is 16. The first-order valence-electron chi connectivity index (χ1n) is 13.5. The largest absolute Gasteiger partial charge is 0.481 e. The minimum Gasteiger partial charge on any atom is -0.481 e. The summed E-state index contributed by atoms with van der Waals surface area (Å²) >= 11 is 0. The SMILES string of the molecule is CCC[C@H](NC(=O)[C@H](CC(C)C)NC(=O)CCCC(=O)O)C(=O)N[C@H]1CC(C)N([C@@H](C)C(=O)NCC)C1. The minimum absolute atomic E-state index is 0.0120. The second-order valence-corrected chi connectivity index (χ2v) is 10.4. The highest BCUT2D eigenvalue weighted by Gasteiger charge is 2.36. The topological polar surface area (TPSA) is 157 Å². The fourth-order valence-electron chi connectivity index (χ4n) is 4.67. The predicted octanol–water partition coefficient (Wildman–Crippen LogP) is 1.16. The van der Waals surface area contributed by atoms with Crippen molar-refractivity contribution < 1.29 is 29.1 Å². The van der Waals surface area contributed by atoms with Crippen molar-refractivity contribution in [3.8, 4) is 0 Å². The quantitative estimate of drug-likeness (QED) is 0.202. The average molecular weight is 526 g/mol. The number of carboxylic acid groups (broad SMARTS) is 1. The number of amides is 4. The summed E-state index contributed by atoms with van der Waals surface area (Å²) in [5.41, 5.74) is 0. The standard InChI is InChI=1S/C26H47N5O6/c1-7-10-20(25(36)28-19-14-17(5)31(15-19)18(6)24(35)27-8-2)30-26(37)21(13-16(3)4)29-22(32)11-9-12-23(33)34/h16-21H,7-15H2,1-6H3,(H,27,35)(H,28,36)(H,29,32)(H,30,37)(H,33,34)/t17?,18-,19-,20-,21-/m0/s1. The number of hydrogen-bond donors (Lipinski definition) is 5. The molecule has 37 heavy (non-hydrogen) atoms. The lowest BCUT2D eigenvalue weighted by molar-refractivity contribution is -0.137. The lowest BCUT2D eigenvalue weighted by Gasteiger charge is -2.27. The van der Waals surface area contributed by atoms with Crippen LogP contribution in [0.25, 0.3) is 0 Å². The first-order valence-corrected chi connectivity index (χ1v) is 13.5. The van der Waals surface area contributed by atoms with Gasteiger partial charge in [0.1, 0.15) is 12.1 Å². The van der Waals surface area contributed by atoms with Crippen LogP contribution in [0.4, 0.5) is 0 Å². The molecule has 1 heterocycles. The molecule has 11 nitrogen and oxygen atoms in total. The Balaban J connectivity index is 2.78. The number of aliphatic carboxylic acids is 1. The van der Waals surface area contributed by atoms with Crippen LogP contribution in [0.3, 0.4) is 0 Å². The van der Waals surface area contributed by atoms with Crippen LogP contribution in [0, 0.1) is 5.92 Å². The summed E-state index contributed by atoms with van der Waals surface area (Å²) in [5.74, 6) is -2.00. The molecule has 0 saturated carbocycles. The summed E-state index contributed by atoms with van der Waals surface area (Å²) in [6.07, 6.45) is 2.29. The summed E-state index contributed by atoms with van der Waals surface area (Å²) in [5, 5.41) is 20.2. The summed E-state index contributed by atoms with van der Waals surface area (Å²) in [6.45, 7) is 12.7. The Labute approximate surface area is 220 Å². The lowest BCUT2D eigenvalue weighted by atomic mass is 10.0. The van der Waals surface area contributed by atoms with E-state index in [2.05, 4.69) is 26.2 Å². The zero-order valence-corrected chi connectivity index (χ0v) is 23.3. The molecule has 1 unspecified atom stereocenters. The normalized spacial score (nSPS) is 20.1. The molecule has 1 fully saturated rings. The molecule has 11 heteroatoms. The Bertz CT molecular complexity index is 789. The zero-order chi connectivity index (χ0) is 28.1. The molecular formula is C26H47N5O6. The minimum atomic E-state index is -0.976. The van der Waals surface area contributed by atoms with Crippen LogP contribution in [-0.2, 0) is 24.0 Å². The fraction of sp³-hybridized carbons (Fsp3) is 0.808. The molecule has 0 radical (unpaired) electrons. The van der Waals surface area contributed by atoms with E-state index in [1.807, 2.05) is 41.5 Å². The van der Waals surface area contributed by atoms with Gasteiger partial charge in [-0.25, -0.2) is 0 Å². The highest BCUT2D eigenvalue weighted by molar-refractivity contribution is 5.92. The van der Waals surface area contributed by atoms with Gasteiger partial charge in [-0.05, 0) is 52.4 Å². The maximum absolute atomic E-state index is 13.1. The Hall–Kier alpha value is -2.69. The van der Waals surface area contributed by atoms with Gasteiger partial charge < -0.3 is 26.4 Å². The van der Waals surface area contributed by atoms with E-state index < -0.39 is 24.0 Å². The van der Waals surface area contributed by atoms with Gasteiger partial charge in [0.2, 0.25) is 23.6 Å². The Morgan fingerprint density at radius 3 is 2.19 bits per heavy atom. The third-order valence-electron chi connectivity index (χ3n) is 6.56. The van der Waals surface area contributed by atoms with E-state index in [0.717, 1.165) is 0 Å². The van der Waals surface area contributed by atoms with Crippen molar-refractivity contribution in [2.45, 2.75) is 117 Å². The molecular weight excluding hydrogens is 478 g/mol. The van der Waals surface area contributed by atoms with Gasteiger partial charge in [0.15, 0.2) is 0 Å². The Morgan fingerprint density at radius 2 is 1.62 bits per heavy atom. The van der Waals surface area contributed by atoms with Crippen LogP contribution in [0.15, 0.2) is 0 Å². The van der Waals surface area contributed by atoms with Gasteiger partial charge in [-0.3, -0.25) is 28.9 Å². The summed E-state index contributed by atoms with van der Waals surface area (Å²) in [6, 6.07) is -1.89. The number of carbonyl (C=O) groups is 5. The smallest absolute Gasteiger partial charge is 0.303 e. The van der Waals surface area contributed by atoms with Gasteiger partial charge in [-0.1, -0.05) is 27.2 Å². The van der Waals surface area contributed by atoms with E-state index in [-0.39, 0.29) is 61.0 Å². The molecule has 4 amide bonds. The first kappa shape index (κ1) is 32.3. The predicted molar refractivity (Wildman–Crippen MR) is 141 cm³/mol. The zero-order valence-electron chi connectivity index (χ0n) is 23.3. The summed E-state index contributed by atoms with van der Waals surface area (Å²) in [7, 11) is 0. The van der Waals surface area contributed by atoms with Gasteiger partial charge in [0.05, 0.1) is 6.04 Å². The van der Waals surface area contributed by atoms with Gasteiger partial charge in [0.25, 0.3) is 0 Å². The highest BCUT2D eigenvalue weighted by atomic mass is 16.4. The molecule has 1 aliphatic heterocycles. The van der Waals surface area contributed by atoms with Crippen LogP contribution in [0.5, 0.6) is 0 Å². The van der Waals surface area contributed by atoms with Crippen molar-refractivity contribution in [1.82, 2.24) is 26.2 Å². The molecule has 0 aromatic heterocycles. The summed E-state index contributed by atoms with van der Waals surface area (Å²) < 4.78 is 0. The molecule has 0 aromatic carbocycles. The Kier molecular flexibility index (Phi) is 14.2. The van der Waals surface area contributed by atoms with Crippen molar-refractivity contribution in [3.63, 3.8) is 0 Å². The third-order valence-corrected chi connectivity index (χ3v) is 6.56. The van der Waals surface area contributed by atoms with Crippen LogP contribution in [0.1, 0.15) is 86.5 Å². The van der Waals surface area contributed by atoms with Crippen molar-refractivity contribution in [3.05, 3.63) is 0 Å². The van der Waals surface area contributed by atoms with E-state index in [0.29, 0.717) is 38.8 Å². The summed E-state index contributed by atoms with van der Waals surface area (Å²) in [4.78, 5) is 63.6. The van der Waals surface area contributed by atoms with Crippen LogP contribution >= 0.6 is 0 Å². The molecule has 0 bridgehead atoms. The lowest BCUT2D eigenvalue weighted by Crippen LogP contribution is -2.55. The van der Waals surface area contributed by atoms with Crippen LogP contribution in [-0.4, -0.2) is 82.9 Å². The second-order valence-electron chi connectivity index (χ2n) is 10.4. The molecule has 212 valence electrons. The molecule has 0 spiro atoms. The first-order chi connectivity index (χ1) is 17.4. The molecule has 1 saturated heterocycles. The average Bonchev–Trinajstić information content (AvgIpc) is 3.16. The van der Waals surface area contributed by atoms with Crippen molar-refractivity contribution in [2.24, 2.45) is 5.92 Å². The molecule has 1 rings (SSSR count). The van der Waals surface area contributed by atoms with Crippen LogP contribution in [0.2, 0.25) is 0 Å². The number of nitrogens with one attached hydrogen (secondary N) is 4.